The van der Waals surface area contributed by atoms with Crippen LogP contribution in [0.1, 0.15) is 4.88 Å². The predicted molar refractivity (Wildman–Crippen MR) is 103 cm³/mol. The van der Waals surface area contributed by atoms with Crippen LogP contribution in [-0.2, 0) is 6.54 Å². The van der Waals surface area contributed by atoms with Crippen molar-refractivity contribution in [3.8, 4) is 0 Å². The first kappa shape index (κ1) is 16.7. The molecule has 0 spiro atoms. The number of hydrogen-bond donors (Lipinski definition) is 2. The van der Waals surface area contributed by atoms with E-state index in [4.69, 9.17) is 0 Å². The first-order chi connectivity index (χ1) is 12.7. The van der Waals surface area contributed by atoms with Gasteiger partial charge in [0.15, 0.2) is 0 Å². The number of nitrogens with one attached hydrogen (secondary N) is 2. The highest BCUT2D eigenvalue weighted by Gasteiger charge is 2.23. The molecule has 9 heteroatoms. The molecule has 8 nitrogen and oxygen atoms in total. The van der Waals surface area contributed by atoms with Gasteiger partial charge in [0, 0.05) is 42.5 Å². The predicted octanol–water partition coefficient (Wildman–Crippen LogP) is 2.62. The number of rotatable bonds is 5. The maximum Gasteiger partial charge on any atom is 0.293 e. The van der Waals surface area contributed by atoms with E-state index in [0.717, 1.165) is 26.2 Å². The molecule has 0 atom stereocenters. The van der Waals surface area contributed by atoms with Crippen LogP contribution in [0.4, 0.5) is 17.2 Å². The Kier molecular flexibility index (Phi) is 4.63. The third kappa shape index (κ3) is 3.31. The zero-order chi connectivity index (χ0) is 17.9. The lowest BCUT2D eigenvalue weighted by Gasteiger charge is -2.29. The molecule has 26 heavy (non-hydrogen) atoms. The van der Waals surface area contributed by atoms with Gasteiger partial charge in [-0.1, -0.05) is 6.07 Å². The van der Waals surface area contributed by atoms with Crippen molar-refractivity contribution in [1.29, 1.82) is 0 Å². The number of piperazine rings is 1. The average molecular weight is 370 g/mol. The molecule has 2 aromatic heterocycles. The summed E-state index contributed by atoms with van der Waals surface area (Å²) in [7, 11) is 0. The van der Waals surface area contributed by atoms with Crippen molar-refractivity contribution in [3.63, 3.8) is 0 Å². The highest BCUT2D eigenvalue weighted by atomic mass is 32.1. The summed E-state index contributed by atoms with van der Waals surface area (Å²) in [4.78, 5) is 23.2. The Bertz CT molecular complexity index is 924. The van der Waals surface area contributed by atoms with Crippen LogP contribution in [0.25, 0.3) is 10.9 Å². The van der Waals surface area contributed by atoms with Crippen LogP contribution in [0.15, 0.2) is 36.0 Å². The molecular weight excluding hydrogens is 352 g/mol. The molecule has 3 heterocycles. The molecule has 1 aliphatic heterocycles. The third-order valence-electron chi connectivity index (χ3n) is 4.40. The molecule has 3 aromatic rings. The van der Waals surface area contributed by atoms with E-state index >= 15 is 0 Å². The molecular formula is C17H18N6O2S. The van der Waals surface area contributed by atoms with Crippen LogP contribution in [0.5, 0.6) is 0 Å². The molecule has 0 bridgehead atoms. The van der Waals surface area contributed by atoms with Gasteiger partial charge in [0.05, 0.1) is 17.0 Å². The lowest BCUT2D eigenvalue weighted by Crippen LogP contribution is -2.43. The van der Waals surface area contributed by atoms with Gasteiger partial charge < -0.3 is 15.5 Å². The van der Waals surface area contributed by atoms with Crippen molar-refractivity contribution in [2.45, 2.75) is 6.54 Å². The summed E-state index contributed by atoms with van der Waals surface area (Å²) in [6.45, 7) is 3.72. The van der Waals surface area contributed by atoms with Gasteiger partial charge >= 0.3 is 0 Å². The van der Waals surface area contributed by atoms with E-state index < -0.39 is 0 Å². The fourth-order valence-corrected chi connectivity index (χ4v) is 3.76. The molecule has 0 saturated carbocycles. The fourth-order valence-electron chi connectivity index (χ4n) is 3.11. The Morgan fingerprint density at radius 1 is 1.31 bits per heavy atom. The van der Waals surface area contributed by atoms with Crippen LogP contribution < -0.4 is 15.5 Å². The summed E-state index contributed by atoms with van der Waals surface area (Å²) in [6.07, 6.45) is 1.49. The second-order valence-corrected chi connectivity index (χ2v) is 7.04. The molecule has 1 saturated heterocycles. The highest BCUT2D eigenvalue weighted by molar-refractivity contribution is 7.09. The smallest absolute Gasteiger partial charge is 0.293 e. The van der Waals surface area contributed by atoms with E-state index in [1.807, 2.05) is 22.4 Å². The number of nitrogens with zero attached hydrogens (tertiary/aromatic N) is 4. The summed E-state index contributed by atoms with van der Waals surface area (Å²) in [5.74, 6) is 0.610. The number of benzene rings is 1. The summed E-state index contributed by atoms with van der Waals surface area (Å²) in [6, 6.07) is 7.41. The van der Waals surface area contributed by atoms with Gasteiger partial charge in [0.25, 0.3) is 5.69 Å². The highest BCUT2D eigenvalue weighted by Crippen LogP contribution is 2.34. The molecule has 1 aliphatic rings. The van der Waals surface area contributed by atoms with Crippen molar-refractivity contribution in [3.05, 3.63) is 51.0 Å². The minimum atomic E-state index is -0.327. The second kappa shape index (κ2) is 7.22. The molecule has 1 aromatic carbocycles. The molecule has 0 radical (unpaired) electrons. The van der Waals surface area contributed by atoms with Gasteiger partial charge in [-0.3, -0.25) is 10.1 Å². The fraction of sp³-hybridized carbons (Fsp3) is 0.294. The molecule has 0 aliphatic carbocycles. The first-order valence-electron chi connectivity index (χ1n) is 8.37. The molecule has 0 unspecified atom stereocenters. The lowest BCUT2D eigenvalue weighted by atomic mass is 10.1. The van der Waals surface area contributed by atoms with Gasteiger partial charge in [0.1, 0.15) is 17.8 Å². The Hall–Kier alpha value is -2.78. The molecule has 134 valence electrons. The van der Waals surface area contributed by atoms with Crippen molar-refractivity contribution in [2.75, 3.05) is 36.4 Å². The second-order valence-electron chi connectivity index (χ2n) is 6.01. The van der Waals surface area contributed by atoms with Crippen molar-refractivity contribution in [2.24, 2.45) is 0 Å². The minimum absolute atomic E-state index is 0.0911. The molecule has 0 amide bonds. The normalized spacial score (nSPS) is 14.5. The summed E-state index contributed by atoms with van der Waals surface area (Å²) in [5, 5.41) is 20.9. The summed E-state index contributed by atoms with van der Waals surface area (Å²) < 4.78 is 0. The zero-order valence-electron chi connectivity index (χ0n) is 14.0. The topological polar surface area (TPSA) is 96.2 Å². The number of aromatic nitrogens is 2. The Morgan fingerprint density at radius 3 is 2.88 bits per heavy atom. The monoisotopic (exact) mass is 370 g/mol. The van der Waals surface area contributed by atoms with E-state index in [-0.39, 0.29) is 10.6 Å². The maximum atomic E-state index is 11.7. The van der Waals surface area contributed by atoms with Gasteiger partial charge in [0.2, 0.25) is 0 Å². The van der Waals surface area contributed by atoms with Gasteiger partial charge in [-0.25, -0.2) is 9.97 Å². The van der Waals surface area contributed by atoms with Gasteiger partial charge in [-0.05, 0) is 17.5 Å². The maximum absolute atomic E-state index is 11.7. The van der Waals surface area contributed by atoms with Crippen LogP contribution in [0.3, 0.4) is 0 Å². The SMILES string of the molecule is O=[N+]([O-])c1cc2c(NCc3cccs3)ncnc2cc1N1CCNCC1. The van der Waals surface area contributed by atoms with Crippen LogP contribution in [0.2, 0.25) is 0 Å². The van der Waals surface area contributed by atoms with Crippen LogP contribution >= 0.6 is 11.3 Å². The Morgan fingerprint density at radius 2 is 2.15 bits per heavy atom. The lowest BCUT2D eigenvalue weighted by molar-refractivity contribution is -0.384. The van der Waals surface area contributed by atoms with Crippen molar-refractivity contribution in [1.82, 2.24) is 15.3 Å². The molecule has 2 N–H and O–H groups in total. The number of thiophene rings is 1. The number of nitro groups is 1. The van der Waals surface area contributed by atoms with E-state index in [1.54, 1.807) is 23.5 Å². The molecule has 4 rings (SSSR count). The number of fused-ring (bicyclic) bond motifs is 1. The third-order valence-corrected chi connectivity index (χ3v) is 5.27. The van der Waals surface area contributed by atoms with Crippen molar-refractivity contribution >= 4 is 39.4 Å². The van der Waals surface area contributed by atoms with E-state index in [0.29, 0.717) is 29.0 Å². The Labute approximate surface area is 154 Å². The first-order valence-corrected chi connectivity index (χ1v) is 9.25. The van der Waals surface area contributed by atoms with E-state index in [1.165, 1.54) is 11.2 Å². The largest absolute Gasteiger partial charge is 0.365 e. The standard InChI is InChI=1S/C17H18N6O2S/c24-23(25)16-8-13-14(9-15(16)22-5-3-18-4-6-22)20-11-21-17(13)19-10-12-2-1-7-26-12/h1-2,7-9,11,18H,3-6,10H2,(H,19,20,21). The quantitative estimate of drug-likeness (QED) is 0.526. The van der Waals surface area contributed by atoms with Gasteiger partial charge in [-0.15, -0.1) is 11.3 Å². The number of anilines is 2. The van der Waals surface area contributed by atoms with Crippen molar-refractivity contribution < 1.29 is 4.92 Å². The molecule has 1 fully saturated rings. The number of nitro benzene ring substituents is 1. The summed E-state index contributed by atoms with van der Waals surface area (Å²) >= 11 is 1.65. The van der Waals surface area contributed by atoms with E-state index in [2.05, 4.69) is 20.6 Å². The van der Waals surface area contributed by atoms with E-state index in [9.17, 15) is 10.1 Å². The average Bonchev–Trinajstić information content (AvgIpc) is 3.19. The van der Waals surface area contributed by atoms with Crippen LogP contribution in [-0.4, -0.2) is 41.1 Å². The van der Waals surface area contributed by atoms with Crippen LogP contribution in [0, 0.1) is 10.1 Å². The number of hydrogen-bond acceptors (Lipinski definition) is 8. The Balaban J connectivity index is 1.73. The van der Waals surface area contributed by atoms with Gasteiger partial charge in [-0.2, -0.15) is 0 Å². The summed E-state index contributed by atoms with van der Waals surface area (Å²) in [5.41, 5.74) is 1.41. The minimum Gasteiger partial charge on any atom is -0.365 e. The zero-order valence-corrected chi connectivity index (χ0v) is 14.8.